The zero-order chi connectivity index (χ0) is 16.7. The first-order valence-corrected chi connectivity index (χ1v) is 9.23. The van der Waals surface area contributed by atoms with Gasteiger partial charge in [-0.1, -0.05) is 32.4 Å². The molecular weight excluding hydrogens is 321 g/mol. The predicted octanol–water partition coefficient (Wildman–Crippen LogP) is 5.31. The largest absolute Gasteiger partial charge is 0.311 e. The zero-order valence-corrected chi connectivity index (χ0v) is 15.4. The van der Waals surface area contributed by atoms with Crippen molar-refractivity contribution in [1.82, 2.24) is 0 Å². The summed E-state index contributed by atoms with van der Waals surface area (Å²) in [5.74, 6) is 2.18. The molecule has 22 heavy (non-hydrogen) atoms. The van der Waals surface area contributed by atoms with Crippen LogP contribution in [-0.2, 0) is 4.79 Å². The number of benzene rings is 1. The molecule has 1 aromatic carbocycles. The summed E-state index contributed by atoms with van der Waals surface area (Å²) in [5.41, 5.74) is 1.11. The van der Waals surface area contributed by atoms with Crippen LogP contribution in [0.5, 0.6) is 0 Å². The third kappa shape index (κ3) is 5.81. The average molecular weight is 346 g/mol. The Bertz CT molecular complexity index is 508. The van der Waals surface area contributed by atoms with Crippen molar-refractivity contribution in [2.75, 3.05) is 23.0 Å². The number of carbonyl (C=O) groups is 1. The molecule has 0 saturated carbocycles. The van der Waals surface area contributed by atoms with Crippen LogP contribution >= 0.6 is 23.4 Å². The van der Waals surface area contributed by atoms with Gasteiger partial charge in [-0.15, -0.1) is 0 Å². The van der Waals surface area contributed by atoms with Crippen LogP contribution in [0.25, 0.3) is 0 Å². The Balaban J connectivity index is 2.80. The van der Waals surface area contributed by atoms with Gasteiger partial charge in [0.05, 0.1) is 10.7 Å². The number of amides is 1. The Kier molecular flexibility index (Phi) is 8.26. The normalized spacial score (nSPS) is 11.0. The van der Waals surface area contributed by atoms with Crippen molar-refractivity contribution in [1.29, 1.82) is 0 Å². The fraction of sp³-hybridized carbons (Fsp3) is 0.588. The number of aryl methyl sites for hydroxylation is 1. The van der Waals surface area contributed by atoms with Gasteiger partial charge in [-0.25, -0.2) is 4.39 Å². The van der Waals surface area contributed by atoms with Gasteiger partial charge < -0.3 is 4.90 Å². The molecule has 0 radical (unpaired) electrons. The van der Waals surface area contributed by atoms with E-state index in [4.69, 9.17) is 11.6 Å². The van der Waals surface area contributed by atoms with Crippen molar-refractivity contribution in [3.8, 4) is 0 Å². The molecular formula is C17H25ClFNOS. The minimum absolute atomic E-state index is 0.0472. The summed E-state index contributed by atoms with van der Waals surface area (Å²) in [6.45, 7) is 8.62. The molecule has 124 valence electrons. The summed E-state index contributed by atoms with van der Waals surface area (Å²) < 4.78 is 13.5. The molecule has 5 heteroatoms. The number of halogens is 2. The van der Waals surface area contributed by atoms with Crippen molar-refractivity contribution in [2.24, 2.45) is 5.92 Å². The Morgan fingerprint density at radius 3 is 2.68 bits per heavy atom. The lowest BCUT2D eigenvalue weighted by Crippen LogP contribution is -2.32. The summed E-state index contributed by atoms with van der Waals surface area (Å²) in [4.78, 5) is 14.2. The lowest BCUT2D eigenvalue weighted by molar-refractivity contribution is -0.118. The molecule has 0 aliphatic rings. The van der Waals surface area contributed by atoms with E-state index in [-0.39, 0.29) is 11.7 Å². The van der Waals surface area contributed by atoms with E-state index in [0.29, 0.717) is 35.2 Å². The topological polar surface area (TPSA) is 20.3 Å². The summed E-state index contributed by atoms with van der Waals surface area (Å²) in [5, 5.41) is 0.291. The van der Waals surface area contributed by atoms with E-state index in [1.165, 1.54) is 6.07 Å². The second kappa shape index (κ2) is 9.41. The minimum Gasteiger partial charge on any atom is -0.311 e. The highest BCUT2D eigenvalue weighted by molar-refractivity contribution is 7.99. The predicted molar refractivity (Wildman–Crippen MR) is 95.6 cm³/mol. The van der Waals surface area contributed by atoms with E-state index in [9.17, 15) is 9.18 Å². The van der Waals surface area contributed by atoms with Gasteiger partial charge >= 0.3 is 0 Å². The quantitative estimate of drug-likeness (QED) is 0.595. The van der Waals surface area contributed by atoms with Crippen LogP contribution in [0.3, 0.4) is 0 Å². The molecule has 2 nitrogen and oxygen atoms in total. The number of rotatable bonds is 8. The molecule has 1 rings (SSSR count). The Hall–Kier alpha value is -0.740. The number of anilines is 1. The Morgan fingerprint density at radius 2 is 2.09 bits per heavy atom. The maximum absolute atomic E-state index is 13.5. The van der Waals surface area contributed by atoms with Gasteiger partial charge in [0.25, 0.3) is 0 Å². The minimum atomic E-state index is -0.342. The molecule has 0 saturated heterocycles. The molecule has 0 aromatic heterocycles. The van der Waals surface area contributed by atoms with Crippen LogP contribution < -0.4 is 4.90 Å². The van der Waals surface area contributed by atoms with Crippen LogP contribution in [0.4, 0.5) is 10.1 Å². The lowest BCUT2D eigenvalue weighted by atomic mass is 10.1. The molecule has 0 bridgehead atoms. The number of hydrogen-bond donors (Lipinski definition) is 0. The molecule has 0 unspecified atom stereocenters. The van der Waals surface area contributed by atoms with E-state index in [1.54, 1.807) is 29.7 Å². The molecule has 0 atom stereocenters. The summed E-state index contributed by atoms with van der Waals surface area (Å²) in [7, 11) is 0. The summed E-state index contributed by atoms with van der Waals surface area (Å²) >= 11 is 7.93. The molecule has 0 aliphatic heterocycles. The number of hydrogen-bond acceptors (Lipinski definition) is 2. The van der Waals surface area contributed by atoms with Gasteiger partial charge in [0.1, 0.15) is 5.82 Å². The van der Waals surface area contributed by atoms with Crippen molar-refractivity contribution in [3.05, 3.63) is 28.5 Å². The number of thioether (sulfide) groups is 1. The van der Waals surface area contributed by atoms with Crippen molar-refractivity contribution in [2.45, 2.75) is 40.5 Å². The molecule has 0 heterocycles. The fourth-order valence-corrected chi connectivity index (χ4v) is 3.27. The third-order valence-corrected chi connectivity index (χ3v) is 4.88. The molecule has 1 amide bonds. The van der Waals surface area contributed by atoms with Crippen LogP contribution in [0.15, 0.2) is 12.1 Å². The standard InChI is InChI=1S/C17H25ClFNOS/c1-5-7-20(17(21)6-8-22-11-12(2)3)16-9-13(4)15(19)10-14(16)18/h9-10,12H,5-8,11H2,1-4H3. The molecule has 0 fully saturated rings. The second-order valence-corrected chi connectivity index (χ2v) is 7.37. The van der Waals surface area contributed by atoms with Gasteiger partial charge in [0, 0.05) is 18.7 Å². The maximum Gasteiger partial charge on any atom is 0.227 e. The van der Waals surface area contributed by atoms with Gasteiger partial charge in [-0.2, -0.15) is 11.8 Å². The van der Waals surface area contributed by atoms with E-state index in [0.717, 1.165) is 17.9 Å². The highest BCUT2D eigenvalue weighted by Gasteiger charge is 2.18. The van der Waals surface area contributed by atoms with Gasteiger partial charge in [0.15, 0.2) is 0 Å². The van der Waals surface area contributed by atoms with E-state index < -0.39 is 0 Å². The molecule has 0 N–H and O–H groups in total. The summed E-state index contributed by atoms with van der Waals surface area (Å²) in [6.07, 6.45) is 1.31. The van der Waals surface area contributed by atoms with E-state index in [2.05, 4.69) is 13.8 Å². The van der Waals surface area contributed by atoms with Crippen molar-refractivity contribution < 1.29 is 9.18 Å². The number of nitrogens with zero attached hydrogens (tertiary/aromatic N) is 1. The average Bonchev–Trinajstić information content (AvgIpc) is 2.45. The number of carbonyl (C=O) groups excluding carboxylic acids is 1. The lowest BCUT2D eigenvalue weighted by Gasteiger charge is -2.24. The molecule has 0 aliphatic carbocycles. The zero-order valence-electron chi connectivity index (χ0n) is 13.8. The van der Waals surface area contributed by atoms with Crippen LogP contribution in [0.1, 0.15) is 39.2 Å². The van der Waals surface area contributed by atoms with Crippen LogP contribution in [0, 0.1) is 18.7 Å². The van der Waals surface area contributed by atoms with Crippen LogP contribution in [0.2, 0.25) is 5.02 Å². The highest BCUT2D eigenvalue weighted by atomic mass is 35.5. The Morgan fingerprint density at radius 1 is 1.41 bits per heavy atom. The first-order chi connectivity index (χ1) is 10.4. The van der Waals surface area contributed by atoms with Gasteiger partial charge in [-0.3, -0.25) is 4.79 Å². The highest BCUT2D eigenvalue weighted by Crippen LogP contribution is 2.29. The van der Waals surface area contributed by atoms with E-state index in [1.807, 2.05) is 6.92 Å². The third-order valence-electron chi connectivity index (χ3n) is 3.18. The molecule has 0 spiro atoms. The second-order valence-electron chi connectivity index (χ2n) is 5.82. The monoisotopic (exact) mass is 345 g/mol. The molecule has 1 aromatic rings. The fourth-order valence-electron chi connectivity index (χ4n) is 2.07. The van der Waals surface area contributed by atoms with Crippen LogP contribution in [-0.4, -0.2) is 24.0 Å². The van der Waals surface area contributed by atoms with Crippen molar-refractivity contribution >= 4 is 35.0 Å². The van der Waals surface area contributed by atoms with Gasteiger partial charge in [0.2, 0.25) is 5.91 Å². The first kappa shape index (κ1) is 19.3. The van der Waals surface area contributed by atoms with Gasteiger partial charge in [-0.05, 0) is 42.7 Å². The first-order valence-electron chi connectivity index (χ1n) is 7.70. The van der Waals surface area contributed by atoms with Crippen molar-refractivity contribution in [3.63, 3.8) is 0 Å². The Labute approximate surface area is 142 Å². The van der Waals surface area contributed by atoms with E-state index >= 15 is 0 Å². The smallest absolute Gasteiger partial charge is 0.227 e. The maximum atomic E-state index is 13.5. The summed E-state index contributed by atoms with van der Waals surface area (Å²) in [6, 6.07) is 2.95. The SMILES string of the molecule is CCCN(C(=O)CCSCC(C)C)c1cc(C)c(F)cc1Cl.